The molecule has 0 radical (unpaired) electrons. The van der Waals surface area contributed by atoms with Gasteiger partial charge in [-0.2, -0.15) is 0 Å². The van der Waals surface area contributed by atoms with Gasteiger partial charge in [0.2, 0.25) is 5.78 Å². The van der Waals surface area contributed by atoms with Gasteiger partial charge < -0.3 is 14.9 Å². The largest absolute Gasteiger partial charge is 0.503 e. The summed E-state index contributed by atoms with van der Waals surface area (Å²) in [6.07, 6.45) is 3.24. The molecule has 1 aliphatic rings. The number of amides is 1. The van der Waals surface area contributed by atoms with Crippen LogP contribution in [0.4, 0.5) is 0 Å². The van der Waals surface area contributed by atoms with E-state index in [9.17, 15) is 14.7 Å². The molecule has 1 aromatic carbocycles. The van der Waals surface area contributed by atoms with Crippen molar-refractivity contribution in [2.24, 2.45) is 0 Å². The molecule has 1 aliphatic heterocycles. The smallest absolute Gasteiger partial charge is 0.290 e. The average molecular weight is 449 g/mol. The van der Waals surface area contributed by atoms with E-state index in [2.05, 4.69) is 9.97 Å². The molecule has 1 unspecified atom stereocenters. The van der Waals surface area contributed by atoms with E-state index in [1.54, 1.807) is 36.4 Å². The molecule has 2 aromatic heterocycles. The normalized spacial score (nSPS) is 16.3. The molecule has 1 atom stereocenters. The van der Waals surface area contributed by atoms with Gasteiger partial charge in [0.1, 0.15) is 5.01 Å². The molecule has 164 valence electrons. The van der Waals surface area contributed by atoms with Crippen molar-refractivity contribution in [2.45, 2.75) is 13.0 Å². The topological polar surface area (TPSA) is 86.6 Å². The van der Waals surface area contributed by atoms with Crippen LogP contribution in [-0.2, 0) is 4.79 Å². The van der Waals surface area contributed by atoms with Crippen LogP contribution < -0.4 is 0 Å². The number of thiazole rings is 1. The molecule has 7 nitrogen and oxygen atoms in total. The molecule has 8 heteroatoms. The molecule has 32 heavy (non-hydrogen) atoms. The molecule has 0 aliphatic carbocycles. The van der Waals surface area contributed by atoms with E-state index >= 15 is 0 Å². The summed E-state index contributed by atoms with van der Waals surface area (Å²) in [6.45, 7) is 2.74. The maximum Gasteiger partial charge on any atom is 0.290 e. The van der Waals surface area contributed by atoms with Crippen molar-refractivity contribution in [3.63, 3.8) is 0 Å². The number of nitrogens with zero attached hydrogens (tertiary/aromatic N) is 4. The Morgan fingerprint density at radius 3 is 2.50 bits per heavy atom. The van der Waals surface area contributed by atoms with Crippen molar-refractivity contribution in [1.29, 1.82) is 0 Å². The van der Waals surface area contributed by atoms with Crippen molar-refractivity contribution in [2.75, 3.05) is 27.2 Å². The first-order valence-corrected chi connectivity index (χ1v) is 11.1. The lowest BCUT2D eigenvalue weighted by Crippen LogP contribution is -2.36. The minimum absolute atomic E-state index is 0.0892. The molecular formula is C24H24N4O3S. The maximum absolute atomic E-state index is 13.7. The highest BCUT2D eigenvalue weighted by Gasteiger charge is 2.44. The van der Waals surface area contributed by atoms with E-state index in [-0.39, 0.29) is 11.4 Å². The number of benzene rings is 1. The Bertz CT molecular complexity index is 1170. The zero-order chi connectivity index (χ0) is 22.8. The predicted octanol–water partition coefficient (Wildman–Crippen LogP) is 3.65. The van der Waals surface area contributed by atoms with Gasteiger partial charge >= 0.3 is 0 Å². The van der Waals surface area contributed by atoms with Crippen molar-refractivity contribution in [1.82, 2.24) is 19.8 Å². The number of aliphatic hydroxyl groups excluding tert-OH is 1. The van der Waals surface area contributed by atoms with Gasteiger partial charge in [0.25, 0.3) is 5.91 Å². The van der Waals surface area contributed by atoms with Gasteiger partial charge in [0.15, 0.2) is 5.76 Å². The summed E-state index contributed by atoms with van der Waals surface area (Å²) in [4.78, 5) is 39.2. The standard InChI is InChI=1S/C24H24N4O3S/c1-15-22(32-23(26-15)17-7-5-4-6-8-17)20(29)18-19(16-9-11-25-12-10-16)28(14-13-27(2)3)24(31)21(18)30/h4-12,19,30H,13-14H2,1-3H3. The number of hydrogen-bond donors (Lipinski definition) is 1. The van der Waals surface area contributed by atoms with Crippen molar-refractivity contribution in [3.05, 3.63) is 82.3 Å². The number of rotatable bonds is 7. The lowest BCUT2D eigenvalue weighted by Gasteiger charge is -2.27. The highest BCUT2D eigenvalue weighted by molar-refractivity contribution is 7.17. The van der Waals surface area contributed by atoms with E-state index in [1.165, 1.54) is 11.3 Å². The van der Waals surface area contributed by atoms with Crippen LogP contribution >= 0.6 is 11.3 Å². The van der Waals surface area contributed by atoms with Crippen molar-refractivity contribution < 1.29 is 14.7 Å². The molecule has 3 aromatic rings. The number of ketones is 1. The number of carbonyl (C=O) groups is 2. The second-order valence-electron chi connectivity index (χ2n) is 7.88. The van der Waals surface area contributed by atoms with Crippen LogP contribution in [0.3, 0.4) is 0 Å². The van der Waals surface area contributed by atoms with Gasteiger partial charge in [0, 0.05) is 31.0 Å². The Morgan fingerprint density at radius 2 is 1.84 bits per heavy atom. The molecule has 0 fully saturated rings. The minimum Gasteiger partial charge on any atom is -0.503 e. The zero-order valence-electron chi connectivity index (χ0n) is 18.1. The fourth-order valence-electron chi connectivity index (χ4n) is 3.75. The van der Waals surface area contributed by atoms with Crippen molar-refractivity contribution >= 4 is 23.0 Å². The summed E-state index contributed by atoms with van der Waals surface area (Å²) in [5, 5.41) is 11.5. The van der Waals surface area contributed by atoms with Crippen molar-refractivity contribution in [3.8, 4) is 10.6 Å². The fourth-order valence-corrected chi connectivity index (χ4v) is 4.78. The number of carbonyl (C=O) groups excluding carboxylic acids is 2. The second kappa shape index (κ2) is 9.02. The first kappa shape index (κ1) is 21.9. The van der Waals surface area contributed by atoms with Crippen LogP contribution in [0.1, 0.15) is 27.0 Å². The first-order chi connectivity index (χ1) is 15.4. The van der Waals surface area contributed by atoms with E-state index in [1.807, 2.05) is 49.3 Å². The van der Waals surface area contributed by atoms with Gasteiger partial charge in [0.05, 0.1) is 22.2 Å². The summed E-state index contributed by atoms with van der Waals surface area (Å²) >= 11 is 1.27. The van der Waals surface area contributed by atoms with Gasteiger partial charge in [-0.3, -0.25) is 14.6 Å². The predicted molar refractivity (Wildman–Crippen MR) is 124 cm³/mol. The summed E-state index contributed by atoms with van der Waals surface area (Å²) in [6, 6.07) is 12.5. The number of aromatic nitrogens is 2. The number of aliphatic hydroxyl groups is 1. The van der Waals surface area contributed by atoms with Crippen LogP contribution in [0.15, 0.2) is 66.2 Å². The monoisotopic (exact) mass is 448 g/mol. The lowest BCUT2D eigenvalue weighted by molar-refractivity contribution is -0.129. The van der Waals surface area contributed by atoms with Gasteiger partial charge in [-0.05, 0) is 38.7 Å². The van der Waals surface area contributed by atoms with E-state index in [4.69, 9.17) is 0 Å². The van der Waals surface area contributed by atoms with E-state index in [0.29, 0.717) is 23.7 Å². The third kappa shape index (κ3) is 4.06. The SMILES string of the molecule is Cc1nc(-c2ccccc2)sc1C(=O)C1=C(O)C(=O)N(CCN(C)C)C1c1ccncc1. The number of aryl methyl sites for hydroxylation is 1. The van der Waals surface area contributed by atoms with Crippen LogP contribution in [0.2, 0.25) is 0 Å². The maximum atomic E-state index is 13.7. The highest BCUT2D eigenvalue weighted by Crippen LogP contribution is 2.40. The molecule has 1 N–H and O–H groups in total. The quantitative estimate of drug-likeness (QED) is 0.555. The molecule has 3 heterocycles. The Balaban J connectivity index is 1.76. The lowest BCUT2D eigenvalue weighted by atomic mass is 9.96. The Morgan fingerprint density at radius 1 is 1.16 bits per heavy atom. The van der Waals surface area contributed by atoms with Crippen LogP contribution in [-0.4, -0.2) is 63.7 Å². The minimum atomic E-state index is -0.681. The van der Waals surface area contributed by atoms with Crippen LogP contribution in [0.5, 0.6) is 0 Å². The summed E-state index contributed by atoms with van der Waals surface area (Å²) < 4.78 is 0. The van der Waals surface area contributed by atoms with Gasteiger partial charge in [-0.25, -0.2) is 4.98 Å². The molecule has 0 spiro atoms. The molecule has 0 saturated heterocycles. The Kier molecular flexibility index (Phi) is 6.16. The molecular weight excluding hydrogens is 424 g/mol. The summed E-state index contributed by atoms with van der Waals surface area (Å²) in [5.41, 5.74) is 2.31. The Hall–Kier alpha value is -3.36. The summed E-state index contributed by atoms with van der Waals surface area (Å²) in [5.74, 6) is -1.41. The molecule has 0 bridgehead atoms. The van der Waals surface area contributed by atoms with Gasteiger partial charge in [-0.1, -0.05) is 30.3 Å². The molecule has 4 rings (SSSR count). The van der Waals surface area contributed by atoms with E-state index < -0.39 is 17.7 Å². The number of Topliss-reactive ketones (excluding diaryl/α,β-unsaturated/α-hetero) is 1. The highest BCUT2D eigenvalue weighted by atomic mass is 32.1. The third-order valence-corrected chi connectivity index (χ3v) is 6.59. The van der Waals surface area contributed by atoms with Gasteiger partial charge in [-0.15, -0.1) is 11.3 Å². The second-order valence-corrected chi connectivity index (χ2v) is 8.87. The summed E-state index contributed by atoms with van der Waals surface area (Å²) in [7, 11) is 3.82. The number of pyridine rings is 1. The fraction of sp³-hybridized carbons (Fsp3) is 0.250. The molecule has 0 saturated carbocycles. The number of hydrogen-bond acceptors (Lipinski definition) is 7. The first-order valence-electron chi connectivity index (χ1n) is 10.2. The Labute approximate surface area is 190 Å². The van der Waals surface area contributed by atoms with E-state index in [0.717, 1.165) is 16.1 Å². The number of likely N-dealkylation sites (N-methyl/N-ethyl adjacent to an activating group) is 1. The molecule has 1 amide bonds. The zero-order valence-corrected chi connectivity index (χ0v) is 19.0. The van der Waals surface area contributed by atoms with Crippen LogP contribution in [0, 0.1) is 6.92 Å². The van der Waals surface area contributed by atoms with Crippen LogP contribution in [0.25, 0.3) is 10.6 Å². The average Bonchev–Trinajstić information content (AvgIpc) is 3.31. The third-order valence-electron chi connectivity index (χ3n) is 5.38.